The number of amides is 1. The van der Waals surface area contributed by atoms with Crippen LogP contribution in [0.3, 0.4) is 0 Å². The van der Waals surface area contributed by atoms with E-state index in [9.17, 15) is 9.59 Å². The van der Waals surface area contributed by atoms with E-state index in [2.05, 4.69) is 5.32 Å². The second-order valence-electron chi connectivity index (χ2n) is 4.98. The van der Waals surface area contributed by atoms with Gasteiger partial charge in [-0.3, -0.25) is 4.79 Å². The third-order valence-electron chi connectivity index (χ3n) is 3.23. The third-order valence-corrected chi connectivity index (χ3v) is 3.23. The van der Waals surface area contributed by atoms with Crippen molar-refractivity contribution in [2.75, 3.05) is 18.5 Å². The van der Waals surface area contributed by atoms with Crippen molar-refractivity contribution in [2.45, 2.75) is 31.8 Å². The molecule has 1 amide bonds. The summed E-state index contributed by atoms with van der Waals surface area (Å²) in [6.45, 7) is -0.382. The standard InChI is InChI=1S/C15H19NO5/c17-14(9-20-12-5-1-2-6-12)16-11-4-3-7-13(8-11)21-10-15(18)19/h3-4,7-8,12H,1-2,5-6,9-10H2,(H,16,17)(H,18,19). The highest BCUT2D eigenvalue weighted by molar-refractivity contribution is 5.91. The monoisotopic (exact) mass is 293 g/mol. The zero-order valence-electron chi connectivity index (χ0n) is 11.7. The molecule has 1 aliphatic carbocycles. The molecule has 1 fully saturated rings. The number of carbonyl (C=O) groups is 2. The lowest BCUT2D eigenvalue weighted by Gasteiger charge is -2.11. The molecule has 1 aliphatic rings. The Bertz CT molecular complexity index is 497. The molecule has 0 unspecified atom stereocenters. The van der Waals surface area contributed by atoms with Crippen molar-refractivity contribution in [3.05, 3.63) is 24.3 Å². The van der Waals surface area contributed by atoms with Crippen LogP contribution in [0.2, 0.25) is 0 Å². The molecule has 6 nitrogen and oxygen atoms in total. The van der Waals surface area contributed by atoms with Gasteiger partial charge in [-0.1, -0.05) is 18.9 Å². The largest absolute Gasteiger partial charge is 0.482 e. The number of carbonyl (C=O) groups excluding carboxylic acids is 1. The summed E-state index contributed by atoms with van der Waals surface area (Å²) >= 11 is 0. The molecule has 1 saturated carbocycles. The Morgan fingerprint density at radius 2 is 2.00 bits per heavy atom. The summed E-state index contributed by atoms with van der Waals surface area (Å²) in [6, 6.07) is 6.61. The van der Waals surface area contributed by atoms with E-state index >= 15 is 0 Å². The number of nitrogens with one attached hydrogen (secondary N) is 1. The van der Waals surface area contributed by atoms with Gasteiger partial charge in [0.25, 0.3) is 0 Å². The van der Waals surface area contributed by atoms with Crippen molar-refractivity contribution in [3.8, 4) is 5.75 Å². The average molecular weight is 293 g/mol. The molecule has 0 radical (unpaired) electrons. The predicted octanol–water partition coefficient (Wildman–Crippen LogP) is 2.05. The van der Waals surface area contributed by atoms with Crippen LogP contribution in [0, 0.1) is 0 Å². The predicted molar refractivity (Wildman–Crippen MR) is 76.4 cm³/mol. The van der Waals surface area contributed by atoms with E-state index in [1.54, 1.807) is 24.3 Å². The number of ether oxygens (including phenoxy) is 2. The van der Waals surface area contributed by atoms with Gasteiger partial charge in [-0.15, -0.1) is 0 Å². The van der Waals surface area contributed by atoms with Crippen molar-refractivity contribution in [1.29, 1.82) is 0 Å². The minimum absolute atomic E-state index is 0.0326. The Morgan fingerprint density at radius 1 is 1.24 bits per heavy atom. The lowest BCUT2D eigenvalue weighted by molar-refractivity contribution is -0.139. The van der Waals surface area contributed by atoms with Crippen molar-refractivity contribution in [1.82, 2.24) is 0 Å². The molecule has 0 heterocycles. The molecule has 0 bridgehead atoms. The fraction of sp³-hybridized carbons (Fsp3) is 0.467. The molecule has 6 heteroatoms. The van der Waals surface area contributed by atoms with Gasteiger partial charge in [0.1, 0.15) is 12.4 Å². The Kier molecular flexibility index (Phi) is 5.57. The molecular formula is C15H19NO5. The van der Waals surface area contributed by atoms with Crippen molar-refractivity contribution >= 4 is 17.6 Å². The van der Waals surface area contributed by atoms with Crippen LogP contribution in [0.1, 0.15) is 25.7 Å². The van der Waals surface area contributed by atoms with Gasteiger partial charge in [-0.05, 0) is 25.0 Å². The highest BCUT2D eigenvalue weighted by Crippen LogP contribution is 2.21. The van der Waals surface area contributed by atoms with Gasteiger partial charge in [0.2, 0.25) is 5.91 Å². The van der Waals surface area contributed by atoms with Crippen molar-refractivity contribution < 1.29 is 24.2 Å². The summed E-state index contributed by atoms with van der Waals surface area (Å²) in [6.07, 6.45) is 4.56. The van der Waals surface area contributed by atoms with Crippen molar-refractivity contribution in [2.24, 2.45) is 0 Å². The van der Waals surface area contributed by atoms with Gasteiger partial charge in [-0.2, -0.15) is 0 Å². The lowest BCUT2D eigenvalue weighted by atomic mass is 10.3. The second kappa shape index (κ2) is 7.64. The summed E-state index contributed by atoms with van der Waals surface area (Å²) in [5.74, 6) is -0.876. The minimum atomic E-state index is -1.05. The Labute approximate surface area is 123 Å². The number of aliphatic carboxylic acids is 1. The Balaban J connectivity index is 1.79. The zero-order chi connectivity index (χ0) is 15.1. The van der Waals surface area contributed by atoms with Crippen molar-refractivity contribution in [3.63, 3.8) is 0 Å². The van der Waals surface area contributed by atoms with E-state index in [1.807, 2.05) is 0 Å². The number of benzene rings is 1. The van der Waals surface area contributed by atoms with E-state index in [1.165, 1.54) is 0 Å². The van der Waals surface area contributed by atoms with E-state index in [4.69, 9.17) is 14.6 Å². The van der Waals surface area contributed by atoms with Crippen LogP contribution in [0.25, 0.3) is 0 Å². The highest BCUT2D eigenvalue weighted by atomic mass is 16.5. The summed E-state index contributed by atoms with van der Waals surface area (Å²) in [5, 5.41) is 11.3. The molecule has 1 aromatic carbocycles. The van der Waals surface area contributed by atoms with E-state index in [0.29, 0.717) is 11.4 Å². The molecule has 2 rings (SSSR count). The quantitative estimate of drug-likeness (QED) is 0.803. The molecule has 0 aromatic heterocycles. The topological polar surface area (TPSA) is 84.9 Å². The zero-order valence-corrected chi connectivity index (χ0v) is 11.7. The highest BCUT2D eigenvalue weighted by Gasteiger charge is 2.16. The molecule has 0 saturated heterocycles. The van der Waals surface area contributed by atoms with Gasteiger partial charge in [0.15, 0.2) is 6.61 Å². The van der Waals surface area contributed by atoms with Crippen LogP contribution in [0.4, 0.5) is 5.69 Å². The Morgan fingerprint density at radius 3 is 2.71 bits per heavy atom. The maximum Gasteiger partial charge on any atom is 0.341 e. The van der Waals surface area contributed by atoms with E-state index in [-0.39, 0.29) is 18.6 Å². The van der Waals surface area contributed by atoms with E-state index < -0.39 is 12.6 Å². The number of carboxylic acid groups (broad SMARTS) is 1. The first kappa shape index (κ1) is 15.3. The maximum absolute atomic E-state index is 11.8. The first-order valence-corrected chi connectivity index (χ1v) is 6.99. The van der Waals surface area contributed by atoms with Crippen LogP contribution >= 0.6 is 0 Å². The number of rotatable bonds is 7. The molecule has 114 valence electrons. The molecule has 21 heavy (non-hydrogen) atoms. The molecule has 2 N–H and O–H groups in total. The van der Waals surface area contributed by atoms with Crippen LogP contribution < -0.4 is 10.1 Å². The summed E-state index contributed by atoms with van der Waals surface area (Å²) in [4.78, 5) is 22.2. The van der Waals surface area contributed by atoms with Gasteiger partial charge in [-0.25, -0.2) is 4.79 Å². The van der Waals surface area contributed by atoms with Gasteiger partial charge in [0.05, 0.1) is 6.10 Å². The Hall–Kier alpha value is -2.08. The van der Waals surface area contributed by atoms with Crippen LogP contribution in [-0.2, 0) is 14.3 Å². The fourth-order valence-corrected chi connectivity index (χ4v) is 2.25. The SMILES string of the molecule is O=C(O)COc1cccc(NC(=O)COC2CCCC2)c1. The number of hydrogen-bond donors (Lipinski definition) is 2. The lowest BCUT2D eigenvalue weighted by Crippen LogP contribution is -2.21. The number of anilines is 1. The van der Waals surface area contributed by atoms with Gasteiger partial charge < -0.3 is 19.9 Å². The molecule has 0 aliphatic heterocycles. The fourth-order valence-electron chi connectivity index (χ4n) is 2.25. The van der Waals surface area contributed by atoms with Crippen LogP contribution in [0.15, 0.2) is 24.3 Å². The van der Waals surface area contributed by atoms with Crippen LogP contribution in [-0.4, -0.2) is 36.3 Å². The summed E-state index contributed by atoms with van der Waals surface area (Å²) < 4.78 is 10.6. The summed E-state index contributed by atoms with van der Waals surface area (Å²) in [5.41, 5.74) is 0.554. The summed E-state index contributed by atoms with van der Waals surface area (Å²) in [7, 11) is 0. The van der Waals surface area contributed by atoms with Gasteiger partial charge >= 0.3 is 5.97 Å². The minimum Gasteiger partial charge on any atom is -0.482 e. The molecule has 0 spiro atoms. The number of carboxylic acids is 1. The van der Waals surface area contributed by atoms with E-state index in [0.717, 1.165) is 25.7 Å². The molecule has 1 aromatic rings. The molecule has 0 atom stereocenters. The smallest absolute Gasteiger partial charge is 0.341 e. The van der Waals surface area contributed by atoms with Gasteiger partial charge in [0, 0.05) is 11.8 Å². The molecular weight excluding hydrogens is 274 g/mol. The second-order valence-corrected chi connectivity index (χ2v) is 4.98. The first-order chi connectivity index (χ1) is 10.1. The average Bonchev–Trinajstić information content (AvgIpc) is 2.97. The normalized spacial score (nSPS) is 14.9. The first-order valence-electron chi connectivity index (χ1n) is 6.99. The van der Waals surface area contributed by atoms with Crippen LogP contribution in [0.5, 0.6) is 5.75 Å². The maximum atomic E-state index is 11.8. The third kappa shape index (κ3) is 5.43. The number of hydrogen-bond acceptors (Lipinski definition) is 4.